The lowest BCUT2D eigenvalue weighted by molar-refractivity contribution is -0.123. The number of anilines is 1. The van der Waals surface area contributed by atoms with Gasteiger partial charge in [0.1, 0.15) is 11.6 Å². The average Bonchev–Trinajstić information content (AvgIpc) is 2.83. The number of fused-ring (bicyclic) bond motifs is 1. The van der Waals surface area contributed by atoms with Crippen LogP contribution in [-0.4, -0.2) is 41.2 Å². The van der Waals surface area contributed by atoms with Crippen molar-refractivity contribution in [3.63, 3.8) is 0 Å². The van der Waals surface area contributed by atoms with Gasteiger partial charge in [-0.1, -0.05) is 17.7 Å². The van der Waals surface area contributed by atoms with E-state index in [-0.39, 0.29) is 30.5 Å². The highest BCUT2D eigenvalue weighted by Gasteiger charge is 2.28. The highest BCUT2D eigenvalue weighted by atomic mass is 35.5. The van der Waals surface area contributed by atoms with Crippen molar-refractivity contribution in [3.8, 4) is 0 Å². The van der Waals surface area contributed by atoms with Gasteiger partial charge in [-0.3, -0.25) is 10.1 Å². The van der Waals surface area contributed by atoms with E-state index >= 15 is 0 Å². The Morgan fingerprint density at radius 2 is 2.33 bits per heavy atom. The van der Waals surface area contributed by atoms with Crippen LogP contribution in [0.25, 0.3) is 11.0 Å². The predicted octanol–water partition coefficient (Wildman–Crippen LogP) is 1.95. The maximum absolute atomic E-state index is 12.2. The molecule has 1 aliphatic rings. The van der Waals surface area contributed by atoms with Crippen LogP contribution in [0.4, 0.5) is 5.95 Å². The number of hydrogen-bond acceptors (Lipinski definition) is 4. The van der Waals surface area contributed by atoms with Gasteiger partial charge in [0.15, 0.2) is 0 Å². The van der Waals surface area contributed by atoms with Crippen molar-refractivity contribution in [2.45, 2.75) is 19.1 Å². The fraction of sp³-hybridized carbons (Fsp3) is 0.385. The number of ether oxygens (including phenoxy) is 1. The Labute approximate surface area is 133 Å². The molecule has 2 aromatic rings. The lowest BCUT2D eigenvalue weighted by Crippen LogP contribution is -2.53. The number of amides is 1. The number of H-pyrrole nitrogens is 1. The molecule has 2 heterocycles. The molecule has 0 unspecified atom stereocenters. The first-order chi connectivity index (χ1) is 9.65. The molecule has 1 aliphatic heterocycles. The van der Waals surface area contributed by atoms with Crippen LogP contribution >= 0.6 is 24.0 Å². The second-order valence-electron chi connectivity index (χ2n) is 4.72. The molecule has 1 saturated heterocycles. The monoisotopic (exact) mass is 330 g/mol. The molecule has 0 aliphatic carbocycles. The molecular formula is C13H16Cl2N4O2. The summed E-state index contributed by atoms with van der Waals surface area (Å²) < 4.78 is 5.45. The maximum Gasteiger partial charge on any atom is 0.246 e. The zero-order chi connectivity index (χ0) is 14.1. The molecule has 3 rings (SSSR count). The molecule has 6 nitrogen and oxygen atoms in total. The molecule has 3 N–H and O–H groups in total. The highest BCUT2D eigenvalue weighted by molar-refractivity contribution is 6.35. The number of morpholine rings is 1. The van der Waals surface area contributed by atoms with E-state index in [9.17, 15) is 4.79 Å². The molecule has 0 radical (unpaired) electrons. The molecule has 2 atom stereocenters. The lowest BCUT2D eigenvalue weighted by Gasteiger charge is -2.28. The standard InChI is InChI=1S/C13H15ClN4O2.ClH/c1-7-10(15-5-6-20-7)12(19)18-13-16-9-4-2-3-8(14)11(9)17-13;/h2-4,7,10,15H,5-6H2,1H3,(H2,16,17,18,19);1H/t7-,10+;/m1./s1. The van der Waals surface area contributed by atoms with E-state index in [0.29, 0.717) is 29.6 Å². The smallest absolute Gasteiger partial charge is 0.246 e. The molecule has 1 amide bonds. The summed E-state index contributed by atoms with van der Waals surface area (Å²) in [7, 11) is 0. The number of hydrogen-bond donors (Lipinski definition) is 3. The first-order valence-electron chi connectivity index (χ1n) is 6.45. The summed E-state index contributed by atoms with van der Waals surface area (Å²) in [6, 6.07) is 5.06. The molecule has 1 aromatic heterocycles. The van der Waals surface area contributed by atoms with Crippen molar-refractivity contribution < 1.29 is 9.53 Å². The van der Waals surface area contributed by atoms with E-state index in [4.69, 9.17) is 16.3 Å². The molecular weight excluding hydrogens is 315 g/mol. The molecule has 0 saturated carbocycles. The normalized spacial score (nSPS) is 21.8. The van der Waals surface area contributed by atoms with Crippen molar-refractivity contribution in [2.24, 2.45) is 0 Å². The van der Waals surface area contributed by atoms with Crippen LogP contribution in [0.5, 0.6) is 0 Å². The first-order valence-corrected chi connectivity index (χ1v) is 6.83. The summed E-state index contributed by atoms with van der Waals surface area (Å²) in [6.07, 6.45) is -0.170. The summed E-state index contributed by atoms with van der Waals surface area (Å²) in [5, 5.41) is 6.43. The SMILES string of the molecule is C[C@H]1OCCN[C@@H]1C(=O)Nc1nc2c(Cl)cccc2[nH]1.Cl. The van der Waals surface area contributed by atoms with Gasteiger partial charge < -0.3 is 15.0 Å². The second kappa shape index (κ2) is 6.62. The molecule has 0 spiro atoms. The van der Waals surface area contributed by atoms with E-state index in [1.807, 2.05) is 19.1 Å². The molecule has 1 fully saturated rings. The van der Waals surface area contributed by atoms with E-state index < -0.39 is 0 Å². The fourth-order valence-corrected chi connectivity index (χ4v) is 2.49. The Balaban J connectivity index is 0.00000161. The number of carbonyl (C=O) groups excluding carboxylic acids is 1. The van der Waals surface area contributed by atoms with E-state index in [0.717, 1.165) is 5.52 Å². The Morgan fingerprint density at radius 1 is 1.52 bits per heavy atom. The van der Waals surface area contributed by atoms with Gasteiger partial charge in [-0.2, -0.15) is 0 Å². The largest absolute Gasteiger partial charge is 0.375 e. The number of benzene rings is 1. The summed E-state index contributed by atoms with van der Waals surface area (Å²) in [5.41, 5.74) is 1.43. The van der Waals surface area contributed by atoms with Crippen LogP contribution in [0.1, 0.15) is 6.92 Å². The summed E-state index contributed by atoms with van der Waals surface area (Å²) in [6.45, 7) is 3.14. The molecule has 1 aromatic carbocycles. The Bertz CT molecular complexity index is 646. The molecule has 114 valence electrons. The number of imidazole rings is 1. The third kappa shape index (κ3) is 3.29. The van der Waals surface area contributed by atoms with E-state index in [2.05, 4.69) is 20.6 Å². The lowest BCUT2D eigenvalue weighted by atomic mass is 10.1. The van der Waals surface area contributed by atoms with E-state index in [1.54, 1.807) is 6.07 Å². The maximum atomic E-state index is 12.2. The van der Waals surface area contributed by atoms with Crippen LogP contribution in [-0.2, 0) is 9.53 Å². The van der Waals surface area contributed by atoms with Crippen molar-refractivity contribution in [1.82, 2.24) is 15.3 Å². The minimum absolute atomic E-state index is 0. The van der Waals surface area contributed by atoms with Gasteiger partial charge in [-0.15, -0.1) is 12.4 Å². The summed E-state index contributed by atoms with van der Waals surface area (Å²) in [4.78, 5) is 19.5. The van der Waals surface area contributed by atoms with Crippen LogP contribution < -0.4 is 10.6 Å². The van der Waals surface area contributed by atoms with Gasteiger partial charge >= 0.3 is 0 Å². The fourth-order valence-electron chi connectivity index (χ4n) is 2.28. The van der Waals surface area contributed by atoms with Gasteiger partial charge in [-0.25, -0.2) is 4.98 Å². The van der Waals surface area contributed by atoms with Crippen molar-refractivity contribution in [2.75, 3.05) is 18.5 Å². The second-order valence-corrected chi connectivity index (χ2v) is 5.13. The number of rotatable bonds is 2. The third-order valence-electron chi connectivity index (χ3n) is 3.30. The minimum Gasteiger partial charge on any atom is -0.375 e. The van der Waals surface area contributed by atoms with Gasteiger partial charge in [-0.05, 0) is 19.1 Å². The van der Waals surface area contributed by atoms with Crippen LogP contribution in [0.3, 0.4) is 0 Å². The molecule has 21 heavy (non-hydrogen) atoms. The van der Waals surface area contributed by atoms with Crippen molar-refractivity contribution in [1.29, 1.82) is 0 Å². The number of para-hydroxylation sites is 1. The number of carbonyl (C=O) groups is 1. The Hall–Kier alpha value is -1.34. The number of aromatic amines is 1. The van der Waals surface area contributed by atoms with Crippen LogP contribution in [0, 0.1) is 0 Å². The van der Waals surface area contributed by atoms with Gasteiger partial charge in [0.25, 0.3) is 0 Å². The Kier molecular flexibility index (Phi) is 5.05. The van der Waals surface area contributed by atoms with Crippen LogP contribution in [0.2, 0.25) is 5.02 Å². The average molecular weight is 331 g/mol. The van der Waals surface area contributed by atoms with E-state index in [1.165, 1.54) is 0 Å². The molecule has 0 bridgehead atoms. The Morgan fingerprint density at radius 3 is 3.05 bits per heavy atom. The third-order valence-corrected chi connectivity index (χ3v) is 3.61. The van der Waals surface area contributed by atoms with Gasteiger partial charge in [0.05, 0.1) is 23.3 Å². The zero-order valence-electron chi connectivity index (χ0n) is 11.4. The minimum atomic E-state index is -0.382. The molecule has 8 heteroatoms. The summed E-state index contributed by atoms with van der Waals surface area (Å²) >= 11 is 6.05. The summed E-state index contributed by atoms with van der Waals surface area (Å²) in [5.74, 6) is 0.213. The number of nitrogens with one attached hydrogen (secondary N) is 3. The number of nitrogens with zero attached hydrogens (tertiary/aromatic N) is 1. The van der Waals surface area contributed by atoms with Crippen LogP contribution in [0.15, 0.2) is 18.2 Å². The van der Waals surface area contributed by atoms with Gasteiger partial charge in [0.2, 0.25) is 11.9 Å². The van der Waals surface area contributed by atoms with Gasteiger partial charge in [0, 0.05) is 6.54 Å². The van der Waals surface area contributed by atoms with Crippen molar-refractivity contribution in [3.05, 3.63) is 23.2 Å². The number of halogens is 2. The zero-order valence-corrected chi connectivity index (χ0v) is 12.9. The predicted molar refractivity (Wildman–Crippen MR) is 84.2 cm³/mol. The van der Waals surface area contributed by atoms with Crippen molar-refractivity contribution >= 4 is 46.9 Å². The quantitative estimate of drug-likeness (QED) is 0.786. The topological polar surface area (TPSA) is 79.0 Å². The highest BCUT2D eigenvalue weighted by Crippen LogP contribution is 2.22. The number of aromatic nitrogens is 2. The first kappa shape index (κ1) is 16.0.